The highest BCUT2D eigenvalue weighted by molar-refractivity contribution is 7.88. The minimum atomic E-state index is -3.39. The second-order valence-corrected chi connectivity index (χ2v) is 10.4. The second-order valence-electron chi connectivity index (χ2n) is 8.65. The molecule has 1 aliphatic rings. The highest BCUT2D eigenvalue weighted by Crippen LogP contribution is 2.43. The third-order valence-corrected chi connectivity index (χ3v) is 6.87. The summed E-state index contributed by atoms with van der Waals surface area (Å²) in [5.74, 6) is 0.0664. The van der Waals surface area contributed by atoms with Gasteiger partial charge in [0.15, 0.2) is 0 Å². The van der Waals surface area contributed by atoms with Gasteiger partial charge in [-0.1, -0.05) is 24.3 Å². The van der Waals surface area contributed by atoms with E-state index in [1.807, 2.05) is 0 Å². The molecule has 0 aliphatic heterocycles. The predicted molar refractivity (Wildman–Crippen MR) is 122 cm³/mol. The van der Waals surface area contributed by atoms with Gasteiger partial charge >= 0.3 is 0 Å². The van der Waals surface area contributed by atoms with Crippen molar-refractivity contribution >= 4 is 10.0 Å². The van der Waals surface area contributed by atoms with E-state index in [1.165, 1.54) is 12.1 Å². The van der Waals surface area contributed by atoms with Crippen molar-refractivity contribution < 1.29 is 23.0 Å². The van der Waals surface area contributed by atoms with E-state index < -0.39 is 21.3 Å². The Morgan fingerprint density at radius 1 is 1.18 bits per heavy atom. The van der Waals surface area contributed by atoms with Gasteiger partial charge < -0.3 is 10.2 Å². The Bertz CT molecular complexity index is 1270. The van der Waals surface area contributed by atoms with Gasteiger partial charge in [-0.2, -0.15) is 0 Å². The van der Waals surface area contributed by atoms with Crippen LogP contribution < -0.4 is 4.72 Å². The molecule has 0 unspecified atom stereocenters. The minimum Gasteiger partial charge on any atom is -0.507 e. The maximum Gasteiger partial charge on any atom is 0.208 e. The van der Waals surface area contributed by atoms with Crippen LogP contribution in [0.1, 0.15) is 36.3 Å². The first-order chi connectivity index (χ1) is 15.7. The zero-order chi connectivity index (χ0) is 23.6. The van der Waals surface area contributed by atoms with Crippen molar-refractivity contribution in [1.29, 1.82) is 0 Å². The van der Waals surface area contributed by atoms with Gasteiger partial charge in [0.25, 0.3) is 0 Å². The number of phenolic OH excluding ortho intramolecular Hbond substituents is 1. The first-order valence-corrected chi connectivity index (χ1v) is 12.6. The van der Waals surface area contributed by atoms with Crippen LogP contribution in [-0.2, 0) is 28.5 Å². The number of aliphatic hydroxyl groups is 1. The molecule has 2 aromatic carbocycles. The first kappa shape index (κ1) is 23.3. The summed E-state index contributed by atoms with van der Waals surface area (Å²) in [6.45, 7) is -0.232. The third kappa shape index (κ3) is 5.21. The average Bonchev–Trinajstić information content (AvgIpc) is 3.17. The number of aliphatic hydroxyl groups excluding tert-OH is 1. The molecule has 1 heterocycles. The Morgan fingerprint density at radius 3 is 2.70 bits per heavy atom. The van der Waals surface area contributed by atoms with E-state index in [4.69, 9.17) is 0 Å². The van der Waals surface area contributed by atoms with Crippen molar-refractivity contribution in [2.45, 2.75) is 43.7 Å². The zero-order valence-electron chi connectivity index (χ0n) is 18.2. The Morgan fingerprint density at radius 2 is 1.97 bits per heavy atom. The molecule has 3 N–H and O–H groups in total. The molecule has 0 bridgehead atoms. The van der Waals surface area contributed by atoms with E-state index in [2.05, 4.69) is 14.7 Å². The lowest BCUT2D eigenvalue weighted by atomic mass is 9.78. The normalized spacial score (nSPS) is 20.8. The van der Waals surface area contributed by atoms with Crippen molar-refractivity contribution in [3.8, 4) is 16.9 Å². The van der Waals surface area contributed by atoms with Gasteiger partial charge in [0.1, 0.15) is 17.4 Å². The summed E-state index contributed by atoms with van der Waals surface area (Å²) in [6, 6.07) is 12.7. The van der Waals surface area contributed by atoms with E-state index in [0.717, 1.165) is 11.8 Å². The van der Waals surface area contributed by atoms with Gasteiger partial charge in [-0.3, -0.25) is 0 Å². The summed E-state index contributed by atoms with van der Waals surface area (Å²) < 4.78 is 41.0. The topological polar surface area (TPSA) is 112 Å². The fourth-order valence-electron chi connectivity index (χ4n) is 4.69. The summed E-state index contributed by atoms with van der Waals surface area (Å²) in [4.78, 5) is 9.00. The number of nitrogens with one attached hydrogen (secondary N) is 1. The molecular formula is C24H26FN3O4S. The minimum absolute atomic E-state index is 0.0134. The first-order valence-electron chi connectivity index (χ1n) is 10.7. The van der Waals surface area contributed by atoms with E-state index in [1.54, 1.807) is 42.6 Å². The van der Waals surface area contributed by atoms with Gasteiger partial charge in [-0.15, -0.1) is 0 Å². The highest BCUT2D eigenvalue weighted by atomic mass is 32.2. The van der Waals surface area contributed by atoms with Crippen LogP contribution in [0, 0.1) is 5.82 Å². The standard InChI is InChI=1S/C24H26FN3O4S/c1-33(31,32)28-17-8-10-24(14-17,23-26-11-9-18(15-29)27-23)13-16-6-7-21(25)20(12-16)19-4-2-3-5-22(19)30/h2-7,9,11-12,17,28-30H,8,10,13-15H2,1H3/t17-,24+/m0/s1. The largest absolute Gasteiger partial charge is 0.507 e. The summed E-state index contributed by atoms with van der Waals surface area (Å²) >= 11 is 0. The molecular weight excluding hydrogens is 445 g/mol. The number of phenols is 1. The molecule has 0 radical (unpaired) electrons. The number of hydrogen-bond donors (Lipinski definition) is 3. The number of sulfonamides is 1. The summed E-state index contributed by atoms with van der Waals surface area (Å²) in [6.07, 6.45) is 4.87. The van der Waals surface area contributed by atoms with Gasteiger partial charge in [-0.05, 0) is 55.5 Å². The van der Waals surface area contributed by atoms with E-state index in [9.17, 15) is 23.0 Å². The molecule has 7 nitrogen and oxygen atoms in total. The lowest BCUT2D eigenvalue weighted by molar-refractivity contribution is 0.274. The lowest BCUT2D eigenvalue weighted by Crippen LogP contribution is -2.35. The molecule has 1 aromatic heterocycles. The monoisotopic (exact) mass is 471 g/mol. The van der Waals surface area contributed by atoms with Crippen LogP contribution in [0.4, 0.5) is 4.39 Å². The quantitative estimate of drug-likeness (QED) is 0.488. The lowest BCUT2D eigenvalue weighted by Gasteiger charge is -2.29. The molecule has 1 fully saturated rings. The van der Waals surface area contributed by atoms with Crippen LogP contribution >= 0.6 is 0 Å². The van der Waals surface area contributed by atoms with Crippen LogP contribution in [0.5, 0.6) is 5.75 Å². The Hall–Kier alpha value is -2.88. The van der Waals surface area contributed by atoms with Crippen LogP contribution in [0.3, 0.4) is 0 Å². The molecule has 1 aliphatic carbocycles. The number of hydrogen-bond acceptors (Lipinski definition) is 6. The highest BCUT2D eigenvalue weighted by Gasteiger charge is 2.44. The number of benzene rings is 2. The van der Waals surface area contributed by atoms with E-state index >= 15 is 0 Å². The fraction of sp³-hybridized carbons (Fsp3) is 0.333. The molecule has 9 heteroatoms. The molecule has 0 spiro atoms. The number of nitrogens with zero attached hydrogens (tertiary/aromatic N) is 2. The summed E-state index contributed by atoms with van der Waals surface area (Å²) in [5, 5.41) is 19.8. The SMILES string of the molecule is CS(=O)(=O)N[C@H]1CC[C@](Cc2ccc(F)c(-c3ccccc3O)c2)(c2nccc(CO)n2)C1. The number of para-hydroxylation sites is 1. The smallest absolute Gasteiger partial charge is 0.208 e. The average molecular weight is 472 g/mol. The van der Waals surface area contributed by atoms with Gasteiger partial charge in [0, 0.05) is 28.8 Å². The maximum absolute atomic E-state index is 14.7. The van der Waals surface area contributed by atoms with Crippen LogP contribution in [0.25, 0.3) is 11.1 Å². The van der Waals surface area contributed by atoms with E-state index in [0.29, 0.717) is 42.8 Å². The Kier molecular flexibility index (Phi) is 6.47. The zero-order valence-corrected chi connectivity index (χ0v) is 19.0. The van der Waals surface area contributed by atoms with Gasteiger partial charge in [-0.25, -0.2) is 27.5 Å². The van der Waals surface area contributed by atoms with Gasteiger partial charge in [0.2, 0.25) is 10.0 Å². The van der Waals surface area contributed by atoms with Crippen LogP contribution in [0.2, 0.25) is 0 Å². The molecule has 2 atom stereocenters. The molecule has 1 saturated carbocycles. The number of halogens is 1. The maximum atomic E-state index is 14.7. The second kappa shape index (κ2) is 9.17. The van der Waals surface area contributed by atoms with Crippen molar-refractivity contribution in [1.82, 2.24) is 14.7 Å². The summed E-state index contributed by atoms with van der Waals surface area (Å²) in [7, 11) is -3.39. The molecule has 4 rings (SSSR count). The van der Waals surface area contributed by atoms with Crippen molar-refractivity contribution in [3.05, 3.63) is 77.6 Å². The molecule has 0 saturated heterocycles. The molecule has 33 heavy (non-hydrogen) atoms. The molecule has 3 aromatic rings. The number of aromatic nitrogens is 2. The summed E-state index contributed by atoms with van der Waals surface area (Å²) in [5.41, 5.74) is 1.38. The Balaban J connectivity index is 1.74. The number of aromatic hydroxyl groups is 1. The van der Waals surface area contributed by atoms with Crippen LogP contribution in [-0.4, -0.2) is 40.9 Å². The van der Waals surface area contributed by atoms with Crippen molar-refractivity contribution in [2.24, 2.45) is 0 Å². The third-order valence-electron chi connectivity index (χ3n) is 6.11. The molecule has 0 amide bonds. The van der Waals surface area contributed by atoms with Crippen molar-refractivity contribution in [3.63, 3.8) is 0 Å². The predicted octanol–water partition coefficient (Wildman–Crippen LogP) is 3.06. The van der Waals surface area contributed by atoms with E-state index in [-0.39, 0.29) is 24.0 Å². The number of rotatable bonds is 7. The van der Waals surface area contributed by atoms with Crippen LogP contribution in [0.15, 0.2) is 54.7 Å². The molecule has 174 valence electrons. The Labute approximate surface area is 192 Å². The fourth-order valence-corrected chi connectivity index (χ4v) is 5.50. The van der Waals surface area contributed by atoms with Gasteiger partial charge in [0.05, 0.1) is 18.6 Å². The van der Waals surface area contributed by atoms with Crippen molar-refractivity contribution in [2.75, 3.05) is 6.26 Å².